The Balaban J connectivity index is 2.02. The van der Waals surface area contributed by atoms with Crippen LogP contribution in [0, 0.1) is 18.8 Å². The van der Waals surface area contributed by atoms with Gasteiger partial charge in [-0.05, 0) is 43.2 Å². The van der Waals surface area contributed by atoms with Gasteiger partial charge in [0.2, 0.25) is 0 Å². The molecule has 2 rings (SSSR count). The van der Waals surface area contributed by atoms with Crippen molar-refractivity contribution in [1.29, 1.82) is 0 Å². The van der Waals surface area contributed by atoms with Crippen molar-refractivity contribution in [2.24, 2.45) is 11.8 Å². The van der Waals surface area contributed by atoms with E-state index < -0.39 is 0 Å². The van der Waals surface area contributed by atoms with Crippen LogP contribution in [-0.2, 0) is 0 Å². The second-order valence-electron chi connectivity index (χ2n) is 5.11. The van der Waals surface area contributed by atoms with E-state index in [-0.39, 0.29) is 0 Å². The second kappa shape index (κ2) is 4.81. The first-order chi connectivity index (χ1) is 7.68. The zero-order valence-electron chi connectivity index (χ0n) is 10.5. The summed E-state index contributed by atoms with van der Waals surface area (Å²) in [7, 11) is 0. The van der Waals surface area contributed by atoms with E-state index in [9.17, 15) is 0 Å². The molecule has 88 valence electrons. The van der Waals surface area contributed by atoms with Crippen LogP contribution in [0.15, 0.2) is 12.3 Å². The van der Waals surface area contributed by atoms with Gasteiger partial charge in [0.1, 0.15) is 0 Å². The Bertz CT molecular complexity index is 341. The van der Waals surface area contributed by atoms with E-state index in [0.29, 0.717) is 0 Å². The topological polar surface area (TPSA) is 29.0 Å². The molecule has 0 aromatic carbocycles. The van der Waals surface area contributed by atoms with Crippen LogP contribution >= 0.6 is 0 Å². The van der Waals surface area contributed by atoms with Gasteiger partial charge in [0.05, 0.1) is 6.20 Å². The first kappa shape index (κ1) is 11.4. The summed E-state index contributed by atoms with van der Waals surface area (Å²) in [5.41, 5.74) is 1.23. The van der Waals surface area contributed by atoms with Crippen LogP contribution in [-0.4, -0.2) is 23.3 Å². The quantitative estimate of drug-likeness (QED) is 0.765. The summed E-state index contributed by atoms with van der Waals surface area (Å²) in [6.07, 6.45) is 4.33. The van der Waals surface area contributed by atoms with Crippen LogP contribution in [0.4, 0.5) is 5.82 Å². The van der Waals surface area contributed by atoms with E-state index in [1.54, 1.807) is 6.20 Å². The van der Waals surface area contributed by atoms with Gasteiger partial charge in [-0.25, -0.2) is 0 Å². The maximum absolute atomic E-state index is 4.25. The highest BCUT2D eigenvalue weighted by Gasteiger charge is 2.23. The van der Waals surface area contributed by atoms with Gasteiger partial charge in [-0.3, -0.25) is 0 Å². The summed E-state index contributed by atoms with van der Waals surface area (Å²) in [5, 5.41) is 8.23. The average molecular weight is 219 g/mol. The molecule has 16 heavy (non-hydrogen) atoms. The Hall–Kier alpha value is -1.12. The third kappa shape index (κ3) is 2.34. The molecule has 3 nitrogen and oxygen atoms in total. The number of nitrogens with zero attached hydrogens (tertiary/aromatic N) is 3. The smallest absolute Gasteiger partial charge is 0.154 e. The molecule has 1 aromatic heterocycles. The Morgan fingerprint density at radius 1 is 1.31 bits per heavy atom. The molecule has 0 amide bonds. The molecular weight excluding hydrogens is 198 g/mol. The standard InChI is InChI=1S/C13H21N3/c1-10(2)12-5-8-16(9-6-12)13-11(3)4-7-14-15-13/h4,7,10,12H,5-6,8-9H2,1-3H3. The fraction of sp³-hybridized carbons (Fsp3) is 0.692. The molecule has 0 spiro atoms. The van der Waals surface area contributed by atoms with Crippen LogP contribution in [0.25, 0.3) is 0 Å². The molecule has 0 N–H and O–H groups in total. The molecule has 1 saturated heterocycles. The molecule has 0 unspecified atom stereocenters. The van der Waals surface area contributed by atoms with Crippen molar-refractivity contribution >= 4 is 5.82 Å². The average Bonchev–Trinajstić information content (AvgIpc) is 2.30. The highest BCUT2D eigenvalue weighted by Crippen LogP contribution is 2.27. The number of hydrogen-bond acceptors (Lipinski definition) is 3. The monoisotopic (exact) mass is 219 g/mol. The Morgan fingerprint density at radius 2 is 2.00 bits per heavy atom. The van der Waals surface area contributed by atoms with Crippen molar-refractivity contribution in [3.05, 3.63) is 17.8 Å². The van der Waals surface area contributed by atoms with Gasteiger partial charge in [-0.15, -0.1) is 5.10 Å². The lowest BCUT2D eigenvalue weighted by Crippen LogP contribution is -2.36. The van der Waals surface area contributed by atoms with Crippen molar-refractivity contribution in [3.63, 3.8) is 0 Å². The van der Waals surface area contributed by atoms with Crippen LogP contribution in [0.3, 0.4) is 0 Å². The van der Waals surface area contributed by atoms with Crippen LogP contribution in [0.2, 0.25) is 0 Å². The summed E-state index contributed by atoms with van der Waals surface area (Å²) in [6.45, 7) is 9.02. The minimum atomic E-state index is 0.810. The maximum Gasteiger partial charge on any atom is 0.154 e. The van der Waals surface area contributed by atoms with Crippen molar-refractivity contribution in [2.75, 3.05) is 18.0 Å². The van der Waals surface area contributed by atoms with E-state index in [1.807, 2.05) is 6.07 Å². The molecule has 0 atom stereocenters. The number of rotatable bonds is 2. The second-order valence-corrected chi connectivity index (χ2v) is 5.11. The van der Waals surface area contributed by atoms with Gasteiger partial charge < -0.3 is 4.90 Å². The lowest BCUT2D eigenvalue weighted by molar-refractivity contribution is 0.310. The molecule has 0 saturated carbocycles. The molecule has 1 aliphatic heterocycles. The summed E-state index contributed by atoms with van der Waals surface area (Å²) < 4.78 is 0. The zero-order valence-corrected chi connectivity index (χ0v) is 10.5. The summed E-state index contributed by atoms with van der Waals surface area (Å²) in [5.74, 6) is 2.77. The number of hydrogen-bond donors (Lipinski definition) is 0. The van der Waals surface area contributed by atoms with Crippen molar-refractivity contribution in [3.8, 4) is 0 Å². The van der Waals surface area contributed by atoms with Crippen molar-refractivity contribution in [2.45, 2.75) is 33.6 Å². The van der Waals surface area contributed by atoms with Gasteiger partial charge in [0.15, 0.2) is 5.82 Å². The lowest BCUT2D eigenvalue weighted by Gasteiger charge is -2.34. The van der Waals surface area contributed by atoms with Gasteiger partial charge in [-0.2, -0.15) is 5.10 Å². The first-order valence-corrected chi connectivity index (χ1v) is 6.21. The summed E-state index contributed by atoms with van der Waals surface area (Å²) in [4.78, 5) is 2.38. The minimum absolute atomic E-state index is 0.810. The van der Waals surface area contributed by atoms with E-state index >= 15 is 0 Å². The minimum Gasteiger partial charge on any atom is -0.355 e. The van der Waals surface area contributed by atoms with Crippen molar-refractivity contribution < 1.29 is 0 Å². The third-order valence-corrected chi connectivity index (χ3v) is 3.68. The van der Waals surface area contributed by atoms with E-state index in [0.717, 1.165) is 30.7 Å². The molecule has 0 radical (unpaired) electrons. The van der Waals surface area contributed by atoms with Gasteiger partial charge in [0.25, 0.3) is 0 Å². The molecule has 2 heterocycles. The molecule has 0 aliphatic carbocycles. The highest BCUT2D eigenvalue weighted by molar-refractivity contribution is 5.44. The SMILES string of the molecule is Cc1ccnnc1N1CCC(C(C)C)CC1. The van der Waals surface area contributed by atoms with Gasteiger partial charge >= 0.3 is 0 Å². The Labute approximate surface area is 97.9 Å². The van der Waals surface area contributed by atoms with Crippen LogP contribution < -0.4 is 4.90 Å². The molecular formula is C13H21N3. The first-order valence-electron chi connectivity index (χ1n) is 6.21. The Morgan fingerprint density at radius 3 is 2.56 bits per heavy atom. The molecule has 1 aliphatic rings. The number of aryl methyl sites for hydroxylation is 1. The molecule has 0 bridgehead atoms. The molecule has 1 aromatic rings. The van der Waals surface area contributed by atoms with E-state index in [2.05, 4.69) is 35.9 Å². The summed E-state index contributed by atoms with van der Waals surface area (Å²) >= 11 is 0. The third-order valence-electron chi connectivity index (χ3n) is 3.68. The number of anilines is 1. The molecule has 1 fully saturated rings. The van der Waals surface area contributed by atoms with Crippen LogP contribution in [0.1, 0.15) is 32.3 Å². The fourth-order valence-corrected chi connectivity index (χ4v) is 2.48. The highest BCUT2D eigenvalue weighted by atomic mass is 15.3. The summed E-state index contributed by atoms with van der Waals surface area (Å²) in [6, 6.07) is 2.04. The normalized spacial score (nSPS) is 18.1. The van der Waals surface area contributed by atoms with Gasteiger partial charge in [0, 0.05) is 13.1 Å². The predicted octanol–water partition coefficient (Wildman–Crippen LogP) is 2.66. The van der Waals surface area contributed by atoms with Crippen molar-refractivity contribution in [1.82, 2.24) is 10.2 Å². The lowest BCUT2D eigenvalue weighted by atomic mass is 9.87. The zero-order chi connectivity index (χ0) is 11.5. The largest absolute Gasteiger partial charge is 0.355 e. The fourth-order valence-electron chi connectivity index (χ4n) is 2.48. The Kier molecular flexibility index (Phi) is 3.42. The molecule has 3 heteroatoms. The van der Waals surface area contributed by atoms with Crippen LogP contribution in [0.5, 0.6) is 0 Å². The van der Waals surface area contributed by atoms with E-state index in [4.69, 9.17) is 0 Å². The maximum atomic E-state index is 4.25. The number of aromatic nitrogens is 2. The number of piperidine rings is 1. The van der Waals surface area contributed by atoms with Gasteiger partial charge in [-0.1, -0.05) is 13.8 Å². The predicted molar refractivity (Wildman–Crippen MR) is 66.5 cm³/mol. The van der Waals surface area contributed by atoms with E-state index in [1.165, 1.54) is 18.4 Å².